The second kappa shape index (κ2) is 4.55. The van der Waals surface area contributed by atoms with Gasteiger partial charge in [-0.2, -0.15) is 0 Å². The topological polar surface area (TPSA) is 38.4 Å². The lowest BCUT2D eigenvalue weighted by molar-refractivity contribution is 0.627. The Morgan fingerprint density at radius 3 is 2.85 bits per heavy atom. The highest BCUT2D eigenvalue weighted by atomic mass is 127. The number of amidine groups is 1. The van der Waals surface area contributed by atoms with Crippen LogP contribution in [0.25, 0.3) is 0 Å². The minimum absolute atomic E-state index is 0.251. The summed E-state index contributed by atoms with van der Waals surface area (Å²) in [4.78, 5) is 4.14. The first-order valence-electron chi connectivity index (χ1n) is 3.91. The van der Waals surface area contributed by atoms with Gasteiger partial charge in [-0.05, 0) is 40.8 Å². The van der Waals surface area contributed by atoms with Crippen molar-refractivity contribution < 1.29 is 4.39 Å². The Hall–Kier alpha value is -0.650. The number of rotatable bonds is 2. The minimum atomic E-state index is -0.251. The van der Waals surface area contributed by atoms with Crippen LogP contribution in [0.5, 0.6) is 0 Å². The molecular weight excluding hydrogens is 282 g/mol. The molecule has 0 amide bonds. The number of nitrogens with two attached hydrogens (primary N) is 1. The van der Waals surface area contributed by atoms with Crippen molar-refractivity contribution in [3.63, 3.8) is 0 Å². The molecule has 70 valence electrons. The molecule has 0 spiro atoms. The summed E-state index contributed by atoms with van der Waals surface area (Å²) in [7, 11) is 0. The van der Waals surface area contributed by atoms with E-state index in [4.69, 9.17) is 5.73 Å². The first kappa shape index (κ1) is 10.4. The van der Waals surface area contributed by atoms with E-state index in [1.165, 1.54) is 12.1 Å². The van der Waals surface area contributed by atoms with Crippen molar-refractivity contribution >= 4 is 34.1 Å². The highest BCUT2D eigenvalue weighted by Gasteiger charge is 1.99. The van der Waals surface area contributed by atoms with Crippen LogP contribution in [0.3, 0.4) is 0 Å². The Bertz CT molecular complexity index is 336. The second-order valence-electron chi connectivity index (χ2n) is 2.55. The smallest absolute Gasteiger partial charge is 0.124 e. The summed E-state index contributed by atoms with van der Waals surface area (Å²) >= 11 is 2.03. The van der Waals surface area contributed by atoms with Gasteiger partial charge in [0.2, 0.25) is 0 Å². The van der Waals surface area contributed by atoms with E-state index >= 15 is 0 Å². The number of hydrogen-bond donors (Lipinski definition) is 1. The monoisotopic (exact) mass is 292 g/mol. The molecule has 0 aliphatic carbocycles. The van der Waals surface area contributed by atoms with Gasteiger partial charge in [0.25, 0.3) is 0 Å². The number of benzene rings is 1. The fourth-order valence-corrected chi connectivity index (χ4v) is 1.40. The third-order valence-corrected chi connectivity index (χ3v) is 2.40. The van der Waals surface area contributed by atoms with Crippen LogP contribution in [0.4, 0.5) is 10.1 Å². The first-order valence-corrected chi connectivity index (χ1v) is 4.99. The van der Waals surface area contributed by atoms with Gasteiger partial charge < -0.3 is 5.73 Å². The maximum absolute atomic E-state index is 12.7. The third-order valence-electron chi connectivity index (χ3n) is 1.54. The molecule has 0 saturated heterocycles. The lowest BCUT2D eigenvalue weighted by Gasteiger charge is -1.99. The minimum Gasteiger partial charge on any atom is -0.387 e. The van der Waals surface area contributed by atoms with Crippen LogP contribution in [-0.2, 0) is 0 Å². The fourth-order valence-electron chi connectivity index (χ4n) is 0.806. The van der Waals surface area contributed by atoms with Crippen molar-refractivity contribution in [1.29, 1.82) is 0 Å². The molecule has 0 fully saturated rings. The molecule has 0 bridgehead atoms. The third kappa shape index (κ3) is 2.95. The number of hydrogen-bond acceptors (Lipinski definition) is 1. The van der Waals surface area contributed by atoms with E-state index in [9.17, 15) is 4.39 Å². The molecule has 1 aromatic rings. The Morgan fingerprint density at radius 1 is 1.62 bits per heavy atom. The van der Waals surface area contributed by atoms with Gasteiger partial charge in [0.1, 0.15) is 5.82 Å². The first-order chi connectivity index (χ1) is 6.13. The fraction of sp³-hybridized carbons (Fsp3) is 0.222. The van der Waals surface area contributed by atoms with Crippen LogP contribution in [0.15, 0.2) is 23.2 Å². The van der Waals surface area contributed by atoms with Gasteiger partial charge in [-0.15, -0.1) is 0 Å². The average molecular weight is 292 g/mol. The molecule has 0 radical (unpaired) electrons. The van der Waals surface area contributed by atoms with Crippen LogP contribution in [0.2, 0.25) is 0 Å². The SMILES string of the molecule is CCC(N)=Nc1ccc(F)cc1I. The zero-order valence-corrected chi connectivity index (χ0v) is 9.38. The molecule has 0 aliphatic rings. The van der Waals surface area contributed by atoms with Crippen molar-refractivity contribution in [2.75, 3.05) is 0 Å². The number of nitrogens with zero attached hydrogens (tertiary/aromatic N) is 1. The van der Waals surface area contributed by atoms with Crippen LogP contribution in [0, 0.1) is 9.39 Å². The molecule has 4 heteroatoms. The van der Waals surface area contributed by atoms with Gasteiger partial charge in [0.05, 0.1) is 11.5 Å². The van der Waals surface area contributed by atoms with E-state index in [1.807, 2.05) is 29.5 Å². The van der Waals surface area contributed by atoms with Gasteiger partial charge in [0, 0.05) is 9.99 Å². The van der Waals surface area contributed by atoms with Gasteiger partial charge in [-0.3, -0.25) is 0 Å². The summed E-state index contributed by atoms with van der Waals surface area (Å²) in [5.74, 6) is 0.308. The maximum atomic E-state index is 12.7. The van der Waals surface area contributed by atoms with Crippen molar-refractivity contribution in [3.05, 3.63) is 27.6 Å². The van der Waals surface area contributed by atoms with E-state index in [2.05, 4.69) is 4.99 Å². The predicted molar refractivity (Wildman–Crippen MR) is 60.7 cm³/mol. The van der Waals surface area contributed by atoms with E-state index in [-0.39, 0.29) is 5.82 Å². The van der Waals surface area contributed by atoms with Crippen molar-refractivity contribution in [3.8, 4) is 0 Å². The molecule has 1 aromatic carbocycles. The molecular formula is C9H10FIN2. The van der Waals surface area contributed by atoms with Gasteiger partial charge in [-0.25, -0.2) is 9.38 Å². The predicted octanol–water partition coefficient (Wildman–Crippen LogP) is 2.83. The van der Waals surface area contributed by atoms with Crippen LogP contribution in [0.1, 0.15) is 13.3 Å². The van der Waals surface area contributed by atoms with Gasteiger partial charge in [-0.1, -0.05) is 6.92 Å². The van der Waals surface area contributed by atoms with Gasteiger partial charge in [0.15, 0.2) is 0 Å². The van der Waals surface area contributed by atoms with Crippen LogP contribution < -0.4 is 5.73 Å². The lowest BCUT2D eigenvalue weighted by Crippen LogP contribution is -2.08. The normalized spacial score (nSPS) is 11.8. The molecule has 0 unspecified atom stereocenters. The Labute approximate surface area is 90.2 Å². The maximum Gasteiger partial charge on any atom is 0.124 e. The highest BCUT2D eigenvalue weighted by Crippen LogP contribution is 2.21. The standard InChI is InChI=1S/C9H10FIN2/c1-2-9(12)13-8-4-3-6(10)5-7(8)11/h3-5H,2H2,1H3,(H2,12,13). The quantitative estimate of drug-likeness (QED) is 0.508. The summed E-state index contributed by atoms with van der Waals surface area (Å²) in [5.41, 5.74) is 6.29. The molecule has 13 heavy (non-hydrogen) atoms. The number of halogens is 2. The Morgan fingerprint density at radius 2 is 2.31 bits per heavy atom. The van der Waals surface area contributed by atoms with E-state index < -0.39 is 0 Å². The molecule has 0 aromatic heterocycles. The van der Waals surface area contributed by atoms with Crippen molar-refractivity contribution in [1.82, 2.24) is 0 Å². The van der Waals surface area contributed by atoms with Crippen molar-refractivity contribution in [2.45, 2.75) is 13.3 Å². The summed E-state index contributed by atoms with van der Waals surface area (Å²) in [5, 5.41) is 0. The molecule has 1 rings (SSSR count). The molecule has 0 aliphatic heterocycles. The lowest BCUT2D eigenvalue weighted by atomic mass is 10.3. The molecule has 0 saturated carbocycles. The van der Waals surface area contributed by atoms with E-state index in [1.54, 1.807) is 6.07 Å². The molecule has 2 nitrogen and oxygen atoms in total. The van der Waals surface area contributed by atoms with Crippen LogP contribution in [-0.4, -0.2) is 5.84 Å². The van der Waals surface area contributed by atoms with Crippen LogP contribution >= 0.6 is 22.6 Å². The number of aliphatic imine (C=N–C) groups is 1. The Balaban J connectivity index is 3.03. The highest BCUT2D eigenvalue weighted by molar-refractivity contribution is 14.1. The van der Waals surface area contributed by atoms with Gasteiger partial charge >= 0.3 is 0 Å². The van der Waals surface area contributed by atoms with E-state index in [0.717, 1.165) is 9.26 Å². The molecule has 0 atom stereocenters. The zero-order valence-electron chi connectivity index (χ0n) is 7.22. The molecule has 2 N–H and O–H groups in total. The molecule has 0 heterocycles. The largest absolute Gasteiger partial charge is 0.387 e. The Kier molecular flexibility index (Phi) is 3.65. The van der Waals surface area contributed by atoms with Crippen molar-refractivity contribution in [2.24, 2.45) is 10.7 Å². The summed E-state index contributed by atoms with van der Waals surface area (Å²) in [6.07, 6.45) is 0.702. The second-order valence-corrected chi connectivity index (χ2v) is 3.71. The average Bonchev–Trinajstić information content (AvgIpc) is 2.09. The zero-order chi connectivity index (χ0) is 9.84. The summed E-state index contributed by atoms with van der Waals surface area (Å²) < 4.78 is 13.5. The van der Waals surface area contributed by atoms with E-state index in [0.29, 0.717) is 12.3 Å². The summed E-state index contributed by atoms with van der Waals surface area (Å²) in [6, 6.07) is 4.44. The summed E-state index contributed by atoms with van der Waals surface area (Å²) in [6.45, 7) is 1.93.